The fourth-order valence-electron chi connectivity index (χ4n) is 1.47. The highest BCUT2D eigenvalue weighted by Gasteiger charge is 2.19. The third kappa shape index (κ3) is 3.81. The van der Waals surface area contributed by atoms with Crippen molar-refractivity contribution in [3.63, 3.8) is 0 Å². The third-order valence-electron chi connectivity index (χ3n) is 2.72. The highest BCUT2D eigenvalue weighted by atomic mass is 16.5. The van der Waals surface area contributed by atoms with Crippen molar-refractivity contribution < 1.29 is 4.74 Å². The maximum atomic E-state index is 5.51. The van der Waals surface area contributed by atoms with E-state index in [0.29, 0.717) is 0 Å². The molecule has 0 aromatic carbocycles. The van der Waals surface area contributed by atoms with Crippen LogP contribution in [0.4, 0.5) is 0 Å². The second-order valence-electron chi connectivity index (χ2n) is 4.36. The maximum absolute atomic E-state index is 5.51. The average molecular weight is 220 g/mol. The second kappa shape index (κ2) is 5.85. The monoisotopic (exact) mass is 220 g/mol. The number of hydrogen-bond donors (Lipinski definition) is 1. The first kappa shape index (κ1) is 11.4. The molecular formula is C13H20N2O. The predicted molar refractivity (Wildman–Crippen MR) is 64.5 cm³/mol. The summed E-state index contributed by atoms with van der Waals surface area (Å²) in [5, 5.41) is 3.46. The van der Waals surface area contributed by atoms with Gasteiger partial charge in [-0.3, -0.25) is 0 Å². The summed E-state index contributed by atoms with van der Waals surface area (Å²) in [6.45, 7) is 3.85. The molecule has 0 amide bonds. The predicted octanol–water partition coefficient (Wildman–Crippen LogP) is 2.51. The Labute approximate surface area is 97.2 Å². The number of nitrogens with one attached hydrogen (secondary N) is 1. The van der Waals surface area contributed by atoms with Crippen molar-refractivity contribution in [1.82, 2.24) is 10.3 Å². The molecule has 0 bridgehead atoms. The minimum absolute atomic E-state index is 0.739. The van der Waals surface area contributed by atoms with Gasteiger partial charge in [-0.2, -0.15) is 0 Å². The lowest BCUT2D eigenvalue weighted by atomic mass is 10.3. The van der Waals surface area contributed by atoms with Crippen molar-refractivity contribution in [2.75, 3.05) is 6.61 Å². The van der Waals surface area contributed by atoms with Crippen LogP contribution >= 0.6 is 0 Å². The summed E-state index contributed by atoms with van der Waals surface area (Å²) in [7, 11) is 0. The van der Waals surface area contributed by atoms with Crippen molar-refractivity contribution in [2.24, 2.45) is 0 Å². The Morgan fingerprint density at radius 3 is 2.94 bits per heavy atom. The first-order valence-corrected chi connectivity index (χ1v) is 6.19. The molecule has 0 radical (unpaired) electrons. The van der Waals surface area contributed by atoms with Gasteiger partial charge < -0.3 is 10.1 Å². The molecule has 0 atom stereocenters. The quantitative estimate of drug-likeness (QED) is 0.717. The largest absolute Gasteiger partial charge is 0.478 e. The van der Waals surface area contributed by atoms with Gasteiger partial charge in [-0.15, -0.1) is 0 Å². The van der Waals surface area contributed by atoms with Crippen LogP contribution in [0.15, 0.2) is 18.3 Å². The number of unbranched alkanes of at least 4 members (excludes halogenated alkanes) is 1. The van der Waals surface area contributed by atoms with Crippen LogP contribution in [0.5, 0.6) is 5.88 Å². The van der Waals surface area contributed by atoms with Gasteiger partial charge in [-0.1, -0.05) is 19.4 Å². The molecule has 0 unspecified atom stereocenters. The van der Waals surface area contributed by atoms with E-state index in [4.69, 9.17) is 4.74 Å². The molecule has 1 aromatic heterocycles. The van der Waals surface area contributed by atoms with Crippen molar-refractivity contribution in [1.29, 1.82) is 0 Å². The third-order valence-corrected chi connectivity index (χ3v) is 2.72. The summed E-state index contributed by atoms with van der Waals surface area (Å²) in [5.74, 6) is 0.739. The minimum Gasteiger partial charge on any atom is -0.478 e. The zero-order chi connectivity index (χ0) is 11.2. The molecule has 3 heteroatoms. The second-order valence-corrected chi connectivity index (χ2v) is 4.36. The smallest absolute Gasteiger partial charge is 0.213 e. The summed E-state index contributed by atoms with van der Waals surface area (Å²) in [6.07, 6.45) is 6.80. The summed E-state index contributed by atoms with van der Waals surface area (Å²) in [6, 6.07) is 4.80. The number of pyridine rings is 1. The zero-order valence-electron chi connectivity index (χ0n) is 9.91. The van der Waals surface area contributed by atoms with Gasteiger partial charge in [-0.25, -0.2) is 4.98 Å². The summed E-state index contributed by atoms with van der Waals surface area (Å²) >= 11 is 0. The van der Waals surface area contributed by atoms with Crippen molar-refractivity contribution >= 4 is 0 Å². The molecule has 16 heavy (non-hydrogen) atoms. The molecule has 88 valence electrons. The van der Waals surface area contributed by atoms with Crippen LogP contribution in [0.1, 0.15) is 38.2 Å². The Hall–Kier alpha value is -1.09. The lowest BCUT2D eigenvalue weighted by molar-refractivity contribution is 0.297. The summed E-state index contributed by atoms with van der Waals surface area (Å²) < 4.78 is 5.51. The fraction of sp³-hybridized carbons (Fsp3) is 0.615. The molecule has 1 heterocycles. The van der Waals surface area contributed by atoms with E-state index in [9.17, 15) is 0 Å². The number of rotatable bonds is 7. The van der Waals surface area contributed by atoms with E-state index in [2.05, 4.69) is 23.3 Å². The number of nitrogens with zero attached hydrogens (tertiary/aromatic N) is 1. The Kier molecular flexibility index (Phi) is 4.17. The van der Waals surface area contributed by atoms with Crippen LogP contribution in [0.25, 0.3) is 0 Å². The molecular weight excluding hydrogens is 200 g/mol. The SMILES string of the molecule is CCCCOc1ccc(CNC2CC2)cn1. The summed E-state index contributed by atoms with van der Waals surface area (Å²) in [4.78, 5) is 4.29. The van der Waals surface area contributed by atoms with Crippen LogP contribution in [-0.4, -0.2) is 17.6 Å². The van der Waals surface area contributed by atoms with Crippen molar-refractivity contribution in [3.8, 4) is 5.88 Å². The van der Waals surface area contributed by atoms with Crippen LogP contribution in [-0.2, 0) is 6.54 Å². The van der Waals surface area contributed by atoms with Gasteiger partial charge in [0.25, 0.3) is 0 Å². The highest BCUT2D eigenvalue weighted by molar-refractivity contribution is 5.17. The normalized spacial score (nSPS) is 15.1. The molecule has 1 N–H and O–H groups in total. The van der Waals surface area contributed by atoms with Gasteiger partial charge in [0.15, 0.2) is 0 Å². The first-order chi connectivity index (χ1) is 7.88. The average Bonchev–Trinajstić information content (AvgIpc) is 3.12. The summed E-state index contributed by atoms with van der Waals surface area (Å²) in [5.41, 5.74) is 1.23. The van der Waals surface area contributed by atoms with Crippen LogP contribution in [0, 0.1) is 0 Å². The van der Waals surface area contributed by atoms with Gasteiger partial charge in [0.1, 0.15) is 0 Å². The standard InChI is InChI=1S/C13H20N2O/c1-2-3-8-16-13-7-4-11(10-15-13)9-14-12-5-6-12/h4,7,10,12,14H,2-3,5-6,8-9H2,1H3. The molecule has 1 aliphatic rings. The van der Waals surface area contributed by atoms with E-state index in [-0.39, 0.29) is 0 Å². The number of hydrogen-bond acceptors (Lipinski definition) is 3. The van der Waals surface area contributed by atoms with Gasteiger partial charge in [0.05, 0.1) is 6.61 Å². The van der Waals surface area contributed by atoms with Gasteiger partial charge in [0, 0.05) is 24.8 Å². The van der Waals surface area contributed by atoms with Gasteiger partial charge in [-0.05, 0) is 24.8 Å². The Morgan fingerprint density at radius 2 is 2.31 bits per heavy atom. The molecule has 1 saturated carbocycles. The fourth-order valence-corrected chi connectivity index (χ4v) is 1.47. The topological polar surface area (TPSA) is 34.1 Å². The Balaban J connectivity index is 1.74. The molecule has 1 fully saturated rings. The molecule has 2 rings (SSSR count). The number of aromatic nitrogens is 1. The van der Waals surface area contributed by atoms with Crippen LogP contribution in [0.2, 0.25) is 0 Å². The Morgan fingerprint density at radius 1 is 1.44 bits per heavy atom. The molecule has 0 aliphatic heterocycles. The van der Waals surface area contributed by atoms with Gasteiger partial charge >= 0.3 is 0 Å². The van der Waals surface area contributed by atoms with Crippen molar-refractivity contribution in [2.45, 2.75) is 45.2 Å². The Bertz CT molecular complexity index is 306. The van der Waals surface area contributed by atoms with E-state index in [1.807, 2.05) is 12.3 Å². The van der Waals surface area contributed by atoms with E-state index in [1.54, 1.807) is 0 Å². The van der Waals surface area contributed by atoms with E-state index < -0.39 is 0 Å². The van der Waals surface area contributed by atoms with E-state index in [0.717, 1.165) is 37.9 Å². The zero-order valence-corrected chi connectivity index (χ0v) is 9.91. The van der Waals surface area contributed by atoms with Crippen LogP contribution in [0.3, 0.4) is 0 Å². The lowest BCUT2D eigenvalue weighted by Crippen LogP contribution is -2.15. The first-order valence-electron chi connectivity index (χ1n) is 6.19. The molecule has 0 spiro atoms. The number of ether oxygens (including phenoxy) is 1. The van der Waals surface area contributed by atoms with Crippen molar-refractivity contribution in [3.05, 3.63) is 23.9 Å². The molecule has 1 aliphatic carbocycles. The lowest BCUT2D eigenvalue weighted by Gasteiger charge is -2.06. The maximum Gasteiger partial charge on any atom is 0.213 e. The molecule has 0 saturated heterocycles. The minimum atomic E-state index is 0.739. The van der Waals surface area contributed by atoms with Gasteiger partial charge in [0.2, 0.25) is 5.88 Å². The van der Waals surface area contributed by atoms with Crippen LogP contribution < -0.4 is 10.1 Å². The molecule has 1 aromatic rings. The van der Waals surface area contributed by atoms with E-state index in [1.165, 1.54) is 18.4 Å². The van der Waals surface area contributed by atoms with E-state index >= 15 is 0 Å². The highest BCUT2D eigenvalue weighted by Crippen LogP contribution is 2.19. The molecule has 3 nitrogen and oxygen atoms in total.